The summed E-state index contributed by atoms with van der Waals surface area (Å²) in [5.41, 5.74) is 6.62. The molecule has 1 rings (SSSR count). The molecule has 0 aliphatic carbocycles. The third-order valence-electron chi connectivity index (χ3n) is 3.47. The summed E-state index contributed by atoms with van der Waals surface area (Å²) in [6.45, 7) is 8.68. The molecule has 0 aliphatic heterocycles. The summed E-state index contributed by atoms with van der Waals surface area (Å²) in [6.07, 6.45) is 3.20. The van der Waals surface area contributed by atoms with E-state index in [9.17, 15) is 4.79 Å². The predicted octanol–water partition coefficient (Wildman–Crippen LogP) is 1.90. The van der Waals surface area contributed by atoms with Gasteiger partial charge in [0.2, 0.25) is 0 Å². The van der Waals surface area contributed by atoms with Crippen LogP contribution < -0.4 is 5.73 Å². The van der Waals surface area contributed by atoms with E-state index in [0.717, 1.165) is 0 Å². The van der Waals surface area contributed by atoms with Gasteiger partial charge >= 0.3 is 0 Å². The lowest BCUT2D eigenvalue weighted by molar-refractivity contribution is 0.0629. The summed E-state index contributed by atoms with van der Waals surface area (Å²) in [6, 6.07) is 1.87. The molecule has 0 fully saturated rings. The van der Waals surface area contributed by atoms with Gasteiger partial charge in [-0.1, -0.05) is 32.6 Å². The summed E-state index contributed by atoms with van der Waals surface area (Å²) in [5.74, 6) is 5.60. The van der Waals surface area contributed by atoms with E-state index in [-0.39, 0.29) is 17.4 Å². The molecule has 108 valence electrons. The van der Waals surface area contributed by atoms with Crippen molar-refractivity contribution in [1.29, 1.82) is 0 Å². The summed E-state index contributed by atoms with van der Waals surface area (Å²) in [4.78, 5) is 18.3. The van der Waals surface area contributed by atoms with E-state index in [1.54, 1.807) is 23.4 Å². The second kappa shape index (κ2) is 6.53. The van der Waals surface area contributed by atoms with E-state index >= 15 is 0 Å². The normalized spacial score (nSPS) is 12.3. The Balaban J connectivity index is 2.98. The molecule has 0 saturated heterocycles. The van der Waals surface area contributed by atoms with E-state index < -0.39 is 0 Å². The van der Waals surface area contributed by atoms with Crippen LogP contribution >= 0.6 is 0 Å². The molecule has 1 unspecified atom stereocenters. The average molecular weight is 273 g/mol. The highest BCUT2D eigenvalue weighted by Crippen LogP contribution is 2.24. The number of pyridine rings is 1. The standard InChI is InChI=1S/C16H23N3O/c1-12(16(2,3)4)19(5)15(20)14-9-13(7-6-8-17)10-18-11-14/h9-12H,8,17H2,1-5H3. The minimum Gasteiger partial charge on any atom is -0.338 e. The Kier molecular flexibility index (Phi) is 5.29. The van der Waals surface area contributed by atoms with Crippen molar-refractivity contribution in [2.24, 2.45) is 11.1 Å². The fourth-order valence-electron chi connectivity index (χ4n) is 1.74. The Bertz CT molecular complexity index is 535. The molecule has 0 spiro atoms. The van der Waals surface area contributed by atoms with E-state index in [1.807, 2.05) is 14.0 Å². The fraction of sp³-hybridized carbons (Fsp3) is 0.500. The van der Waals surface area contributed by atoms with Gasteiger partial charge in [-0.2, -0.15) is 0 Å². The van der Waals surface area contributed by atoms with E-state index in [0.29, 0.717) is 17.7 Å². The summed E-state index contributed by atoms with van der Waals surface area (Å²) in [5, 5.41) is 0. The number of hydrogen-bond donors (Lipinski definition) is 1. The van der Waals surface area contributed by atoms with Crippen LogP contribution in [-0.2, 0) is 0 Å². The average Bonchev–Trinajstić information content (AvgIpc) is 2.42. The van der Waals surface area contributed by atoms with Gasteiger partial charge in [-0.25, -0.2) is 0 Å². The van der Waals surface area contributed by atoms with E-state index in [2.05, 4.69) is 37.6 Å². The molecule has 0 aliphatic rings. The zero-order chi connectivity index (χ0) is 15.3. The third-order valence-corrected chi connectivity index (χ3v) is 3.47. The van der Waals surface area contributed by atoms with Crippen molar-refractivity contribution >= 4 is 5.91 Å². The lowest BCUT2D eigenvalue weighted by atomic mass is 9.87. The van der Waals surface area contributed by atoms with Gasteiger partial charge in [0.1, 0.15) is 0 Å². The molecule has 0 radical (unpaired) electrons. The summed E-state index contributed by atoms with van der Waals surface area (Å²) in [7, 11) is 1.82. The first-order valence-corrected chi connectivity index (χ1v) is 6.68. The number of nitrogens with two attached hydrogens (primary N) is 1. The van der Waals surface area contributed by atoms with Crippen molar-refractivity contribution in [2.75, 3.05) is 13.6 Å². The predicted molar refractivity (Wildman–Crippen MR) is 81.2 cm³/mol. The molecule has 0 bridgehead atoms. The van der Waals surface area contributed by atoms with Crippen molar-refractivity contribution in [3.05, 3.63) is 29.6 Å². The second-order valence-corrected chi connectivity index (χ2v) is 5.93. The molecule has 1 aromatic rings. The highest BCUT2D eigenvalue weighted by molar-refractivity contribution is 5.94. The molecule has 4 nitrogen and oxygen atoms in total. The van der Waals surface area contributed by atoms with Crippen LogP contribution in [0, 0.1) is 17.3 Å². The number of amides is 1. The lowest BCUT2D eigenvalue weighted by Crippen LogP contribution is -2.43. The van der Waals surface area contributed by atoms with Crippen LogP contribution in [0.4, 0.5) is 0 Å². The van der Waals surface area contributed by atoms with Gasteiger partial charge < -0.3 is 10.6 Å². The number of aromatic nitrogens is 1. The smallest absolute Gasteiger partial charge is 0.255 e. The number of carbonyl (C=O) groups excluding carboxylic acids is 1. The van der Waals surface area contributed by atoms with E-state index in [1.165, 1.54) is 0 Å². The van der Waals surface area contributed by atoms with Crippen molar-refractivity contribution < 1.29 is 4.79 Å². The molecular formula is C16H23N3O. The highest BCUT2D eigenvalue weighted by atomic mass is 16.2. The number of rotatable bonds is 2. The van der Waals surface area contributed by atoms with Crippen LogP contribution in [-0.4, -0.2) is 35.4 Å². The van der Waals surface area contributed by atoms with Gasteiger partial charge in [0.15, 0.2) is 0 Å². The maximum atomic E-state index is 12.5. The minimum atomic E-state index is -0.0451. The van der Waals surface area contributed by atoms with Gasteiger partial charge in [-0.05, 0) is 18.4 Å². The molecule has 1 atom stereocenters. The quantitative estimate of drug-likeness (QED) is 0.837. The topological polar surface area (TPSA) is 59.2 Å². The van der Waals surface area contributed by atoms with Crippen molar-refractivity contribution in [3.8, 4) is 11.8 Å². The second-order valence-electron chi connectivity index (χ2n) is 5.93. The largest absolute Gasteiger partial charge is 0.338 e. The SMILES string of the molecule is CC(N(C)C(=O)c1cncc(C#CCN)c1)C(C)(C)C. The van der Waals surface area contributed by atoms with Crippen LogP contribution in [0.15, 0.2) is 18.5 Å². The number of hydrogen-bond acceptors (Lipinski definition) is 3. The van der Waals surface area contributed by atoms with Crippen LogP contribution in [0.25, 0.3) is 0 Å². The van der Waals surface area contributed by atoms with Gasteiger partial charge in [0, 0.05) is 31.0 Å². The fourth-order valence-corrected chi connectivity index (χ4v) is 1.74. The maximum absolute atomic E-state index is 12.5. The molecular weight excluding hydrogens is 250 g/mol. The molecule has 2 N–H and O–H groups in total. The van der Waals surface area contributed by atoms with Crippen LogP contribution in [0.1, 0.15) is 43.6 Å². The number of carbonyl (C=O) groups is 1. The first kappa shape index (κ1) is 16.2. The van der Waals surface area contributed by atoms with Crippen molar-refractivity contribution in [2.45, 2.75) is 33.7 Å². The van der Waals surface area contributed by atoms with Crippen molar-refractivity contribution in [3.63, 3.8) is 0 Å². The Labute approximate surface area is 121 Å². The Morgan fingerprint density at radius 2 is 2.10 bits per heavy atom. The first-order chi connectivity index (χ1) is 9.27. The van der Waals surface area contributed by atoms with Gasteiger partial charge in [-0.3, -0.25) is 9.78 Å². The molecule has 1 amide bonds. The third kappa shape index (κ3) is 4.07. The van der Waals surface area contributed by atoms with Crippen LogP contribution in [0.2, 0.25) is 0 Å². The monoisotopic (exact) mass is 273 g/mol. The van der Waals surface area contributed by atoms with E-state index in [4.69, 9.17) is 5.73 Å². The zero-order valence-electron chi connectivity index (χ0n) is 12.9. The van der Waals surface area contributed by atoms with Gasteiger partial charge in [0.25, 0.3) is 5.91 Å². The van der Waals surface area contributed by atoms with Crippen molar-refractivity contribution in [1.82, 2.24) is 9.88 Å². The highest BCUT2D eigenvalue weighted by Gasteiger charge is 2.27. The Hall–Kier alpha value is -1.86. The maximum Gasteiger partial charge on any atom is 0.255 e. The molecule has 1 aromatic heterocycles. The van der Waals surface area contributed by atoms with Crippen LogP contribution in [0.5, 0.6) is 0 Å². The van der Waals surface area contributed by atoms with Crippen LogP contribution in [0.3, 0.4) is 0 Å². The van der Waals surface area contributed by atoms with Gasteiger partial charge in [0.05, 0.1) is 12.1 Å². The molecule has 1 heterocycles. The lowest BCUT2D eigenvalue weighted by Gasteiger charge is -2.35. The van der Waals surface area contributed by atoms with Gasteiger partial charge in [-0.15, -0.1) is 0 Å². The molecule has 0 aromatic carbocycles. The minimum absolute atomic E-state index is 0.0226. The molecule has 0 saturated carbocycles. The zero-order valence-corrected chi connectivity index (χ0v) is 12.9. The summed E-state index contributed by atoms with van der Waals surface area (Å²) >= 11 is 0. The molecule has 20 heavy (non-hydrogen) atoms. The summed E-state index contributed by atoms with van der Waals surface area (Å²) < 4.78 is 0. The first-order valence-electron chi connectivity index (χ1n) is 6.68. The Morgan fingerprint density at radius 1 is 1.45 bits per heavy atom. The number of nitrogens with zero attached hydrogens (tertiary/aromatic N) is 2. The Morgan fingerprint density at radius 3 is 2.65 bits per heavy atom. The molecule has 4 heteroatoms.